The topological polar surface area (TPSA) is 29.9 Å². The fourth-order valence-corrected chi connectivity index (χ4v) is 3.19. The Hall–Kier alpha value is -1.13. The van der Waals surface area contributed by atoms with Crippen LogP contribution in [0.5, 0.6) is 0 Å². The predicted octanol–water partition coefficient (Wildman–Crippen LogP) is 3.56. The lowest BCUT2D eigenvalue weighted by molar-refractivity contribution is 0.513. The first-order chi connectivity index (χ1) is 9.24. The Balaban J connectivity index is 2.14. The summed E-state index contributed by atoms with van der Waals surface area (Å²) in [5.41, 5.74) is 0. The minimum absolute atomic E-state index is 0.381. The van der Waals surface area contributed by atoms with Gasteiger partial charge in [-0.25, -0.2) is 4.98 Å². The van der Waals surface area contributed by atoms with Crippen molar-refractivity contribution in [2.45, 2.75) is 46.2 Å². The van der Waals surface area contributed by atoms with Gasteiger partial charge in [-0.2, -0.15) is 0 Å². The van der Waals surface area contributed by atoms with Crippen molar-refractivity contribution in [2.24, 2.45) is 0 Å². The van der Waals surface area contributed by atoms with Crippen molar-refractivity contribution in [2.75, 3.05) is 6.54 Å². The molecule has 3 nitrogen and oxygen atoms in total. The lowest BCUT2D eigenvalue weighted by Gasteiger charge is -2.17. The lowest BCUT2D eigenvalue weighted by Crippen LogP contribution is -2.24. The van der Waals surface area contributed by atoms with Crippen LogP contribution in [0.25, 0.3) is 0 Å². The van der Waals surface area contributed by atoms with Crippen molar-refractivity contribution in [3.8, 4) is 0 Å². The van der Waals surface area contributed by atoms with Gasteiger partial charge >= 0.3 is 0 Å². The van der Waals surface area contributed by atoms with Crippen LogP contribution in [0.15, 0.2) is 24.5 Å². The van der Waals surface area contributed by atoms with Gasteiger partial charge < -0.3 is 9.88 Å². The van der Waals surface area contributed by atoms with Gasteiger partial charge in [0.05, 0.1) is 0 Å². The molecule has 0 amide bonds. The van der Waals surface area contributed by atoms with Crippen molar-refractivity contribution in [3.63, 3.8) is 0 Å². The van der Waals surface area contributed by atoms with Gasteiger partial charge in [0.15, 0.2) is 0 Å². The summed E-state index contributed by atoms with van der Waals surface area (Å²) in [4.78, 5) is 7.28. The van der Waals surface area contributed by atoms with E-state index in [1.165, 1.54) is 15.6 Å². The second-order valence-corrected chi connectivity index (χ2v) is 6.11. The number of aryl methyl sites for hydroxylation is 2. The number of hydrogen-bond donors (Lipinski definition) is 1. The first-order valence-electron chi connectivity index (χ1n) is 7.04. The molecule has 0 aliphatic rings. The molecule has 1 N–H and O–H groups in total. The SMILES string of the molecule is CCCNC(Cc1nccn1CC)c1ccc(C)s1. The maximum atomic E-state index is 4.49. The maximum Gasteiger partial charge on any atom is 0.110 e. The Morgan fingerprint density at radius 1 is 1.37 bits per heavy atom. The second kappa shape index (κ2) is 6.87. The monoisotopic (exact) mass is 277 g/mol. The van der Waals surface area contributed by atoms with Crippen molar-refractivity contribution in [3.05, 3.63) is 40.1 Å². The summed E-state index contributed by atoms with van der Waals surface area (Å²) in [5, 5.41) is 3.65. The van der Waals surface area contributed by atoms with Gasteiger partial charge in [-0.1, -0.05) is 6.92 Å². The third-order valence-electron chi connectivity index (χ3n) is 3.27. The Morgan fingerprint density at radius 2 is 2.21 bits per heavy atom. The van der Waals surface area contributed by atoms with E-state index in [2.05, 4.69) is 54.0 Å². The van der Waals surface area contributed by atoms with Gasteiger partial charge in [-0.05, 0) is 38.9 Å². The summed E-state index contributed by atoms with van der Waals surface area (Å²) in [5.74, 6) is 1.17. The molecule has 1 unspecified atom stereocenters. The fourth-order valence-electron chi connectivity index (χ4n) is 2.23. The molecule has 0 fully saturated rings. The molecule has 0 radical (unpaired) electrons. The lowest BCUT2D eigenvalue weighted by atomic mass is 10.1. The van der Waals surface area contributed by atoms with E-state index in [4.69, 9.17) is 0 Å². The van der Waals surface area contributed by atoms with Crippen LogP contribution in [0.2, 0.25) is 0 Å². The van der Waals surface area contributed by atoms with Crippen molar-refractivity contribution >= 4 is 11.3 Å². The zero-order chi connectivity index (χ0) is 13.7. The van der Waals surface area contributed by atoms with Gasteiger partial charge in [0.25, 0.3) is 0 Å². The standard InChI is InChI=1S/C15H23N3S/c1-4-8-16-13(14-7-6-12(3)19-14)11-15-17-9-10-18(15)5-2/h6-7,9-10,13,16H,4-5,8,11H2,1-3H3. The van der Waals surface area contributed by atoms with Crippen LogP contribution in [-0.2, 0) is 13.0 Å². The molecule has 0 bridgehead atoms. The summed E-state index contributed by atoms with van der Waals surface area (Å²) in [6.45, 7) is 8.57. The van der Waals surface area contributed by atoms with Crippen LogP contribution in [0, 0.1) is 6.92 Å². The molecule has 2 heterocycles. The molecule has 104 valence electrons. The minimum Gasteiger partial charge on any atom is -0.335 e. The summed E-state index contributed by atoms with van der Waals surface area (Å²) in [6, 6.07) is 4.82. The largest absolute Gasteiger partial charge is 0.335 e. The number of nitrogens with zero attached hydrogens (tertiary/aromatic N) is 2. The zero-order valence-corrected chi connectivity index (χ0v) is 12.8. The number of thiophene rings is 1. The van der Waals surface area contributed by atoms with Gasteiger partial charge in [-0.15, -0.1) is 11.3 Å². The van der Waals surface area contributed by atoms with Crippen LogP contribution in [-0.4, -0.2) is 16.1 Å². The number of rotatable bonds is 7. The molecule has 0 saturated carbocycles. The van der Waals surface area contributed by atoms with Crippen LogP contribution in [0.3, 0.4) is 0 Å². The minimum atomic E-state index is 0.381. The fraction of sp³-hybridized carbons (Fsp3) is 0.533. The van der Waals surface area contributed by atoms with E-state index in [9.17, 15) is 0 Å². The summed E-state index contributed by atoms with van der Waals surface area (Å²) >= 11 is 1.88. The molecule has 0 aliphatic carbocycles. The third-order valence-corrected chi connectivity index (χ3v) is 4.39. The average molecular weight is 277 g/mol. The van der Waals surface area contributed by atoms with Gasteiger partial charge in [0, 0.05) is 41.2 Å². The van der Waals surface area contributed by atoms with Crippen molar-refractivity contribution < 1.29 is 0 Å². The summed E-state index contributed by atoms with van der Waals surface area (Å²) in [6.07, 6.45) is 6.07. The third kappa shape index (κ3) is 3.67. The molecule has 2 aromatic heterocycles. The average Bonchev–Trinajstić information content (AvgIpc) is 3.02. The van der Waals surface area contributed by atoms with Gasteiger partial charge in [0.2, 0.25) is 0 Å². The van der Waals surface area contributed by atoms with E-state index in [0.717, 1.165) is 25.9 Å². The van der Waals surface area contributed by atoms with E-state index < -0.39 is 0 Å². The molecule has 0 saturated heterocycles. The molecule has 0 aliphatic heterocycles. The van der Waals surface area contributed by atoms with Gasteiger partial charge in [0.1, 0.15) is 5.82 Å². The van der Waals surface area contributed by atoms with Crippen LogP contribution >= 0.6 is 11.3 Å². The Kier molecular flexibility index (Phi) is 5.16. The van der Waals surface area contributed by atoms with Crippen LogP contribution in [0.1, 0.15) is 41.9 Å². The predicted molar refractivity (Wildman–Crippen MR) is 81.7 cm³/mol. The van der Waals surface area contributed by atoms with Crippen molar-refractivity contribution in [1.29, 1.82) is 0 Å². The highest BCUT2D eigenvalue weighted by Crippen LogP contribution is 2.25. The highest BCUT2D eigenvalue weighted by Gasteiger charge is 2.16. The number of nitrogens with one attached hydrogen (secondary N) is 1. The van der Waals surface area contributed by atoms with Gasteiger partial charge in [-0.3, -0.25) is 0 Å². The first-order valence-corrected chi connectivity index (χ1v) is 7.86. The Morgan fingerprint density at radius 3 is 2.84 bits per heavy atom. The molecular weight excluding hydrogens is 254 g/mol. The van der Waals surface area contributed by atoms with E-state index in [-0.39, 0.29) is 0 Å². The molecule has 2 aromatic rings. The number of imidazole rings is 1. The summed E-state index contributed by atoms with van der Waals surface area (Å²) in [7, 11) is 0. The zero-order valence-electron chi connectivity index (χ0n) is 12.0. The number of hydrogen-bond acceptors (Lipinski definition) is 3. The van der Waals surface area contributed by atoms with Crippen LogP contribution in [0.4, 0.5) is 0 Å². The number of aromatic nitrogens is 2. The highest BCUT2D eigenvalue weighted by molar-refractivity contribution is 7.12. The first kappa shape index (κ1) is 14.3. The quantitative estimate of drug-likeness (QED) is 0.838. The van der Waals surface area contributed by atoms with E-state index in [1.807, 2.05) is 17.5 Å². The molecule has 19 heavy (non-hydrogen) atoms. The van der Waals surface area contributed by atoms with E-state index >= 15 is 0 Å². The van der Waals surface area contributed by atoms with E-state index in [1.54, 1.807) is 0 Å². The Bertz CT molecular complexity index is 501. The molecule has 0 spiro atoms. The Labute approximate surface area is 119 Å². The second-order valence-electron chi connectivity index (χ2n) is 4.79. The molecule has 0 aromatic carbocycles. The van der Waals surface area contributed by atoms with Crippen LogP contribution < -0.4 is 5.32 Å². The molecule has 1 atom stereocenters. The normalized spacial score (nSPS) is 12.8. The molecular formula is C15H23N3S. The smallest absolute Gasteiger partial charge is 0.110 e. The highest BCUT2D eigenvalue weighted by atomic mass is 32.1. The summed E-state index contributed by atoms with van der Waals surface area (Å²) < 4.78 is 2.22. The maximum absolute atomic E-state index is 4.49. The molecule has 4 heteroatoms. The molecule has 2 rings (SSSR count). The van der Waals surface area contributed by atoms with E-state index in [0.29, 0.717) is 6.04 Å². The van der Waals surface area contributed by atoms with Crippen molar-refractivity contribution in [1.82, 2.24) is 14.9 Å².